The lowest BCUT2D eigenvalue weighted by molar-refractivity contribution is 0.346. The van der Waals surface area contributed by atoms with Crippen LogP contribution >= 0.6 is 0 Å². The van der Waals surface area contributed by atoms with Crippen molar-refractivity contribution in [1.29, 1.82) is 0 Å². The van der Waals surface area contributed by atoms with Gasteiger partial charge in [-0.15, -0.1) is 0 Å². The first-order valence-corrected chi connectivity index (χ1v) is 12.8. The number of methoxy groups -OCH3 is 3. The Kier molecular flexibility index (Phi) is 7.39. The number of piperidine rings is 1. The molecule has 0 unspecified atom stereocenters. The van der Waals surface area contributed by atoms with Gasteiger partial charge in [0.2, 0.25) is 10.0 Å². The summed E-state index contributed by atoms with van der Waals surface area (Å²) in [5.74, 6) is 1.85. The van der Waals surface area contributed by atoms with E-state index in [9.17, 15) is 8.42 Å². The first-order valence-electron chi connectivity index (χ1n) is 11.4. The second-order valence-corrected chi connectivity index (χ2v) is 10.7. The highest BCUT2D eigenvalue weighted by Gasteiger charge is 2.28. The molecule has 1 N–H and O–H groups in total. The van der Waals surface area contributed by atoms with E-state index in [1.807, 2.05) is 6.07 Å². The van der Waals surface area contributed by atoms with Crippen molar-refractivity contribution in [2.45, 2.75) is 30.3 Å². The molecule has 1 fully saturated rings. The standard InChI is InChI=1S/C24H32N4O6S/c1-27(2)35(29,30)18-6-7-20-19(13-18)26-24(34-20)28(17-8-10-25-11-9-17)15-16-12-22(32-4)23(33-5)14-21(16)31-3/h6-7,12-14,17,25H,8-11,15H2,1-5H3. The summed E-state index contributed by atoms with van der Waals surface area (Å²) in [6.45, 7) is 2.23. The van der Waals surface area contributed by atoms with E-state index >= 15 is 0 Å². The molecule has 11 heteroatoms. The second-order valence-electron chi connectivity index (χ2n) is 8.54. The number of hydrogen-bond acceptors (Lipinski definition) is 9. The molecule has 3 aromatic rings. The zero-order chi connectivity index (χ0) is 25.2. The smallest absolute Gasteiger partial charge is 0.298 e. The summed E-state index contributed by atoms with van der Waals surface area (Å²) >= 11 is 0. The number of oxazole rings is 1. The lowest BCUT2D eigenvalue weighted by Crippen LogP contribution is -2.43. The van der Waals surface area contributed by atoms with Crippen molar-refractivity contribution in [1.82, 2.24) is 14.6 Å². The van der Waals surface area contributed by atoms with Crippen LogP contribution in [0.15, 0.2) is 39.6 Å². The summed E-state index contributed by atoms with van der Waals surface area (Å²) in [7, 11) is 4.22. The third-order valence-corrected chi connectivity index (χ3v) is 8.06. The number of nitrogens with zero attached hydrogens (tertiary/aromatic N) is 3. The molecule has 1 aliphatic heterocycles. The third kappa shape index (κ3) is 5.02. The highest BCUT2D eigenvalue weighted by atomic mass is 32.2. The Hall–Kier alpha value is -3.02. The number of sulfonamides is 1. The van der Waals surface area contributed by atoms with Gasteiger partial charge in [0, 0.05) is 31.8 Å². The molecule has 35 heavy (non-hydrogen) atoms. The van der Waals surface area contributed by atoms with Gasteiger partial charge in [-0.05, 0) is 50.2 Å². The number of anilines is 1. The molecule has 0 saturated carbocycles. The molecule has 1 aromatic heterocycles. The minimum Gasteiger partial charge on any atom is -0.496 e. The van der Waals surface area contributed by atoms with Crippen molar-refractivity contribution in [3.05, 3.63) is 35.9 Å². The zero-order valence-corrected chi connectivity index (χ0v) is 21.5. The van der Waals surface area contributed by atoms with Gasteiger partial charge >= 0.3 is 0 Å². The third-order valence-electron chi connectivity index (χ3n) is 6.25. The summed E-state index contributed by atoms with van der Waals surface area (Å²) in [5.41, 5.74) is 1.90. The molecule has 0 spiro atoms. The number of ether oxygens (including phenoxy) is 3. The molecule has 190 valence electrons. The number of benzene rings is 2. The minimum atomic E-state index is -3.58. The molecule has 4 rings (SSSR count). The highest BCUT2D eigenvalue weighted by Crippen LogP contribution is 2.37. The van der Waals surface area contributed by atoms with Gasteiger partial charge in [-0.1, -0.05) is 0 Å². The lowest BCUT2D eigenvalue weighted by atomic mass is 10.0. The summed E-state index contributed by atoms with van der Waals surface area (Å²) in [6.07, 6.45) is 1.82. The maximum absolute atomic E-state index is 12.6. The van der Waals surface area contributed by atoms with E-state index in [-0.39, 0.29) is 10.9 Å². The van der Waals surface area contributed by atoms with Crippen molar-refractivity contribution in [3.8, 4) is 17.2 Å². The molecule has 0 radical (unpaired) electrons. The molecule has 1 aliphatic rings. The first kappa shape index (κ1) is 25.1. The molecular formula is C24H32N4O6S. The van der Waals surface area contributed by atoms with E-state index in [1.165, 1.54) is 18.4 Å². The molecule has 2 heterocycles. The van der Waals surface area contributed by atoms with Crippen molar-refractivity contribution in [2.24, 2.45) is 0 Å². The lowest BCUT2D eigenvalue weighted by Gasteiger charge is -2.34. The van der Waals surface area contributed by atoms with E-state index in [0.29, 0.717) is 40.9 Å². The van der Waals surface area contributed by atoms with Gasteiger partial charge in [-0.2, -0.15) is 4.98 Å². The number of aromatic nitrogens is 1. The molecular weight excluding hydrogens is 472 g/mol. The SMILES string of the molecule is COc1cc(OC)c(OC)cc1CN(c1nc2cc(S(=O)(=O)N(C)C)ccc2o1)C1CCNCC1. The Morgan fingerprint density at radius 1 is 1.00 bits per heavy atom. The van der Waals surface area contributed by atoms with Gasteiger partial charge in [0.15, 0.2) is 17.1 Å². The molecule has 2 aromatic carbocycles. The van der Waals surface area contributed by atoms with Crippen molar-refractivity contribution in [2.75, 3.05) is 53.4 Å². The van der Waals surface area contributed by atoms with Crippen LogP contribution in [0.4, 0.5) is 6.01 Å². The predicted molar refractivity (Wildman–Crippen MR) is 133 cm³/mol. The monoisotopic (exact) mass is 504 g/mol. The number of rotatable bonds is 9. The normalized spacial score (nSPS) is 14.9. The van der Waals surface area contributed by atoms with Crippen LogP contribution in [-0.2, 0) is 16.6 Å². The van der Waals surface area contributed by atoms with E-state index in [0.717, 1.165) is 31.5 Å². The molecule has 0 aliphatic carbocycles. The van der Waals surface area contributed by atoms with Crippen LogP contribution in [0.25, 0.3) is 11.1 Å². The second kappa shape index (κ2) is 10.3. The Balaban J connectivity index is 1.76. The largest absolute Gasteiger partial charge is 0.496 e. The van der Waals surface area contributed by atoms with Gasteiger partial charge < -0.3 is 28.8 Å². The Morgan fingerprint density at radius 3 is 2.29 bits per heavy atom. The number of nitrogens with one attached hydrogen (secondary N) is 1. The van der Waals surface area contributed by atoms with Crippen molar-refractivity contribution in [3.63, 3.8) is 0 Å². The van der Waals surface area contributed by atoms with Gasteiger partial charge in [-0.25, -0.2) is 12.7 Å². The number of hydrogen-bond donors (Lipinski definition) is 1. The first-order chi connectivity index (χ1) is 16.8. The summed E-state index contributed by atoms with van der Waals surface area (Å²) in [5, 5.41) is 3.39. The summed E-state index contributed by atoms with van der Waals surface area (Å²) in [6, 6.07) is 9.05. The van der Waals surface area contributed by atoms with Crippen LogP contribution in [0.2, 0.25) is 0 Å². The topological polar surface area (TPSA) is 106 Å². The Bertz CT molecular complexity index is 1280. The minimum absolute atomic E-state index is 0.171. The van der Waals surface area contributed by atoms with E-state index < -0.39 is 10.0 Å². The molecule has 0 atom stereocenters. The van der Waals surface area contributed by atoms with Crippen LogP contribution in [0.1, 0.15) is 18.4 Å². The van der Waals surface area contributed by atoms with E-state index in [1.54, 1.807) is 45.6 Å². The van der Waals surface area contributed by atoms with Crippen LogP contribution in [0.5, 0.6) is 17.2 Å². The van der Waals surface area contributed by atoms with Crippen LogP contribution < -0.4 is 24.4 Å². The van der Waals surface area contributed by atoms with Crippen LogP contribution in [0.3, 0.4) is 0 Å². The van der Waals surface area contributed by atoms with Crippen LogP contribution in [0, 0.1) is 0 Å². The van der Waals surface area contributed by atoms with Gasteiger partial charge in [0.05, 0.1) is 32.8 Å². The van der Waals surface area contributed by atoms with Gasteiger partial charge in [0.25, 0.3) is 6.01 Å². The molecule has 0 bridgehead atoms. The fourth-order valence-corrected chi connectivity index (χ4v) is 5.18. The predicted octanol–water partition coefficient (Wildman–Crippen LogP) is 2.86. The van der Waals surface area contributed by atoms with E-state index in [2.05, 4.69) is 10.2 Å². The quantitative estimate of drug-likeness (QED) is 0.471. The fourth-order valence-electron chi connectivity index (χ4n) is 4.26. The molecule has 1 saturated heterocycles. The molecule has 0 amide bonds. The van der Waals surface area contributed by atoms with E-state index in [4.69, 9.17) is 23.6 Å². The average molecular weight is 505 g/mol. The van der Waals surface area contributed by atoms with Crippen molar-refractivity contribution >= 4 is 27.1 Å². The van der Waals surface area contributed by atoms with Crippen LogP contribution in [-0.4, -0.2) is 72.3 Å². The number of fused-ring (bicyclic) bond motifs is 1. The van der Waals surface area contributed by atoms with Crippen molar-refractivity contribution < 1.29 is 27.0 Å². The maximum atomic E-state index is 12.6. The van der Waals surface area contributed by atoms with Gasteiger partial charge in [-0.3, -0.25) is 0 Å². The maximum Gasteiger partial charge on any atom is 0.298 e. The Morgan fingerprint density at radius 2 is 1.66 bits per heavy atom. The molecule has 10 nitrogen and oxygen atoms in total. The highest BCUT2D eigenvalue weighted by molar-refractivity contribution is 7.89. The average Bonchev–Trinajstić information content (AvgIpc) is 3.30. The Labute approximate surface area is 205 Å². The zero-order valence-electron chi connectivity index (χ0n) is 20.7. The summed E-state index contributed by atoms with van der Waals surface area (Å²) in [4.78, 5) is 7.00. The van der Waals surface area contributed by atoms with Gasteiger partial charge in [0.1, 0.15) is 11.3 Å². The fraction of sp³-hybridized carbons (Fsp3) is 0.458. The summed E-state index contributed by atoms with van der Waals surface area (Å²) < 4.78 is 49.1.